The number of carbonyl (C=O) groups is 2. The first-order valence-corrected chi connectivity index (χ1v) is 14.3. The van der Waals surface area contributed by atoms with E-state index in [1.807, 2.05) is 47.4 Å². The molecule has 188 valence electrons. The number of hydrogen-bond acceptors (Lipinski definition) is 5. The first-order chi connectivity index (χ1) is 17.3. The Morgan fingerprint density at radius 1 is 0.972 bits per heavy atom. The van der Waals surface area contributed by atoms with Gasteiger partial charge in [0.2, 0.25) is 15.9 Å². The number of hydrogen-bond donors (Lipinski definition) is 1. The van der Waals surface area contributed by atoms with Crippen molar-refractivity contribution >= 4 is 39.3 Å². The lowest BCUT2D eigenvalue weighted by Gasteiger charge is -2.24. The third-order valence-corrected chi connectivity index (χ3v) is 9.40. The Kier molecular flexibility index (Phi) is 8.13. The summed E-state index contributed by atoms with van der Waals surface area (Å²) >= 11 is 1.58. The van der Waals surface area contributed by atoms with Crippen molar-refractivity contribution in [1.29, 1.82) is 0 Å². The minimum atomic E-state index is -3.55. The summed E-state index contributed by atoms with van der Waals surface area (Å²) in [5.74, 6) is 0.235. The average Bonchev–Trinajstić information content (AvgIpc) is 3.25. The number of nitrogens with zero attached hydrogens (tertiary/aromatic N) is 2. The summed E-state index contributed by atoms with van der Waals surface area (Å²) in [7, 11) is -3.55. The van der Waals surface area contributed by atoms with Gasteiger partial charge in [0, 0.05) is 30.9 Å². The maximum atomic E-state index is 12.8. The van der Waals surface area contributed by atoms with Crippen molar-refractivity contribution < 1.29 is 18.0 Å². The van der Waals surface area contributed by atoms with Crippen molar-refractivity contribution in [3.63, 3.8) is 0 Å². The van der Waals surface area contributed by atoms with Gasteiger partial charge in [-0.1, -0.05) is 56.3 Å². The molecule has 1 fully saturated rings. The molecule has 0 spiro atoms. The van der Waals surface area contributed by atoms with E-state index in [0.717, 1.165) is 11.1 Å². The predicted octanol–water partition coefficient (Wildman–Crippen LogP) is 4.74. The lowest BCUT2D eigenvalue weighted by Crippen LogP contribution is -2.30. The van der Waals surface area contributed by atoms with E-state index in [1.54, 1.807) is 49.9 Å². The quantitative estimate of drug-likeness (QED) is 0.438. The monoisotopic (exact) mass is 523 g/mol. The summed E-state index contributed by atoms with van der Waals surface area (Å²) in [5, 5.41) is 2.71. The highest BCUT2D eigenvalue weighted by atomic mass is 32.2. The maximum absolute atomic E-state index is 12.8. The molecule has 0 radical (unpaired) electrons. The molecule has 4 rings (SSSR count). The molecule has 0 saturated carbocycles. The van der Waals surface area contributed by atoms with Gasteiger partial charge in [-0.2, -0.15) is 4.31 Å². The Hall–Kier alpha value is -3.14. The fourth-order valence-electron chi connectivity index (χ4n) is 4.11. The zero-order valence-electron chi connectivity index (χ0n) is 20.3. The van der Waals surface area contributed by atoms with Crippen LogP contribution in [-0.2, 0) is 21.4 Å². The van der Waals surface area contributed by atoms with E-state index < -0.39 is 10.0 Å². The third-order valence-electron chi connectivity index (χ3n) is 6.08. The van der Waals surface area contributed by atoms with Crippen LogP contribution in [0.2, 0.25) is 0 Å². The zero-order chi connectivity index (χ0) is 25.7. The second kappa shape index (κ2) is 11.3. The van der Waals surface area contributed by atoms with Gasteiger partial charge in [0.15, 0.2) is 0 Å². The molecule has 2 amide bonds. The van der Waals surface area contributed by atoms with E-state index in [4.69, 9.17) is 0 Å². The van der Waals surface area contributed by atoms with Crippen molar-refractivity contribution in [2.45, 2.75) is 30.7 Å². The molecule has 3 aromatic rings. The zero-order valence-corrected chi connectivity index (χ0v) is 21.9. The molecule has 0 bridgehead atoms. The lowest BCUT2D eigenvalue weighted by molar-refractivity contribution is -0.128. The lowest BCUT2D eigenvalue weighted by atomic mass is 10.1. The van der Waals surface area contributed by atoms with E-state index in [2.05, 4.69) is 5.32 Å². The number of nitrogens with one attached hydrogen (secondary N) is 1. The molecule has 7 nitrogen and oxygen atoms in total. The van der Waals surface area contributed by atoms with Gasteiger partial charge in [0.05, 0.1) is 10.6 Å². The molecule has 0 unspecified atom stereocenters. The van der Waals surface area contributed by atoms with Crippen molar-refractivity contribution in [3.8, 4) is 0 Å². The highest BCUT2D eigenvalue weighted by Crippen LogP contribution is 2.39. The summed E-state index contributed by atoms with van der Waals surface area (Å²) in [6.07, 6.45) is 0. The summed E-state index contributed by atoms with van der Waals surface area (Å²) < 4.78 is 26.7. The van der Waals surface area contributed by atoms with Gasteiger partial charge >= 0.3 is 0 Å². The van der Waals surface area contributed by atoms with E-state index in [-0.39, 0.29) is 22.1 Å². The van der Waals surface area contributed by atoms with Crippen LogP contribution < -0.4 is 5.32 Å². The van der Waals surface area contributed by atoms with E-state index in [9.17, 15) is 18.0 Å². The molecule has 1 aliphatic rings. The Morgan fingerprint density at radius 2 is 1.61 bits per heavy atom. The van der Waals surface area contributed by atoms with Crippen LogP contribution >= 0.6 is 11.8 Å². The SMILES string of the molecule is CCN(CC)S(=O)(=O)c1ccc(NC(=O)c2ccc([C@@H]3SCC(=O)N3Cc3ccccc3)cc2)cc1. The van der Waals surface area contributed by atoms with Gasteiger partial charge in [0.1, 0.15) is 5.37 Å². The summed E-state index contributed by atoms with van der Waals surface area (Å²) in [5.41, 5.74) is 3.02. The van der Waals surface area contributed by atoms with Crippen LogP contribution in [0.5, 0.6) is 0 Å². The molecule has 0 aliphatic carbocycles. The minimum Gasteiger partial charge on any atom is -0.322 e. The molecule has 36 heavy (non-hydrogen) atoms. The second-order valence-corrected chi connectivity index (χ2v) is 11.4. The number of sulfonamides is 1. The first kappa shape index (κ1) is 25.9. The minimum absolute atomic E-state index is 0.0992. The van der Waals surface area contributed by atoms with Gasteiger partial charge in [0.25, 0.3) is 5.91 Å². The van der Waals surface area contributed by atoms with Crippen LogP contribution in [0.1, 0.15) is 40.7 Å². The fraction of sp³-hybridized carbons (Fsp3) is 0.259. The number of carbonyl (C=O) groups excluding carboxylic acids is 2. The molecular formula is C27H29N3O4S2. The third kappa shape index (κ3) is 5.64. The number of rotatable bonds is 9. The van der Waals surface area contributed by atoms with Gasteiger partial charge < -0.3 is 10.2 Å². The summed E-state index contributed by atoms with van der Waals surface area (Å²) in [6, 6.07) is 23.3. The fourth-order valence-corrected chi connectivity index (χ4v) is 6.75. The first-order valence-electron chi connectivity index (χ1n) is 11.8. The molecule has 1 saturated heterocycles. The average molecular weight is 524 g/mol. The molecule has 1 aliphatic heterocycles. The number of benzene rings is 3. The van der Waals surface area contributed by atoms with E-state index in [0.29, 0.717) is 36.6 Å². The molecule has 0 aromatic heterocycles. The predicted molar refractivity (Wildman–Crippen MR) is 143 cm³/mol. The topological polar surface area (TPSA) is 86.8 Å². The van der Waals surface area contributed by atoms with Crippen LogP contribution in [-0.4, -0.2) is 48.3 Å². The summed E-state index contributed by atoms with van der Waals surface area (Å²) in [6.45, 7) is 4.92. The highest BCUT2D eigenvalue weighted by molar-refractivity contribution is 8.00. The summed E-state index contributed by atoms with van der Waals surface area (Å²) in [4.78, 5) is 27.3. The largest absolute Gasteiger partial charge is 0.322 e. The number of amides is 2. The smallest absolute Gasteiger partial charge is 0.255 e. The van der Waals surface area contributed by atoms with Crippen LogP contribution in [0.4, 0.5) is 5.69 Å². The molecule has 3 aromatic carbocycles. The Morgan fingerprint density at radius 3 is 2.22 bits per heavy atom. The van der Waals surface area contributed by atoms with Gasteiger partial charge in [-0.15, -0.1) is 11.8 Å². The second-order valence-electron chi connectivity index (χ2n) is 8.36. The molecule has 1 atom stereocenters. The molecule has 1 N–H and O–H groups in total. The van der Waals surface area contributed by atoms with E-state index in [1.165, 1.54) is 16.4 Å². The van der Waals surface area contributed by atoms with Crippen LogP contribution in [0.25, 0.3) is 0 Å². The van der Waals surface area contributed by atoms with Crippen LogP contribution in [0, 0.1) is 0 Å². The van der Waals surface area contributed by atoms with Crippen molar-refractivity contribution in [1.82, 2.24) is 9.21 Å². The Bertz CT molecular complexity index is 1310. The van der Waals surface area contributed by atoms with Crippen molar-refractivity contribution in [2.75, 3.05) is 24.2 Å². The normalized spacial score (nSPS) is 15.9. The standard InChI is InChI=1S/C27H29N3O4S2/c1-3-29(4-2)36(33,34)24-16-14-23(15-17-24)28-26(32)21-10-12-22(13-11-21)27-30(25(31)19-35-27)18-20-8-6-5-7-9-20/h5-17,27H,3-4,18-19H2,1-2H3,(H,28,32)/t27-/m0/s1. The van der Waals surface area contributed by atoms with Crippen molar-refractivity contribution in [3.05, 3.63) is 95.6 Å². The number of anilines is 1. The molecule has 1 heterocycles. The maximum Gasteiger partial charge on any atom is 0.255 e. The Balaban J connectivity index is 1.43. The van der Waals surface area contributed by atoms with E-state index >= 15 is 0 Å². The van der Waals surface area contributed by atoms with Gasteiger partial charge in [-0.05, 0) is 47.5 Å². The highest BCUT2D eigenvalue weighted by Gasteiger charge is 2.32. The van der Waals surface area contributed by atoms with Gasteiger partial charge in [-0.3, -0.25) is 9.59 Å². The molecular weight excluding hydrogens is 494 g/mol. The number of thioether (sulfide) groups is 1. The molecule has 9 heteroatoms. The van der Waals surface area contributed by atoms with Crippen molar-refractivity contribution in [2.24, 2.45) is 0 Å². The van der Waals surface area contributed by atoms with Gasteiger partial charge in [-0.25, -0.2) is 8.42 Å². The van der Waals surface area contributed by atoms with Crippen LogP contribution in [0.3, 0.4) is 0 Å². The van der Waals surface area contributed by atoms with Crippen LogP contribution in [0.15, 0.2) is 83.8 Å². The Labute approximate surface area is 216 Å².